The van der Waals surface area contributed by atoms with E-state index in [9.17, 15) is 5.11 Å². The fourth-order valence-electron chi connectivity index (χ4n) is 1.32. The van der Waals surface area contributed by atoms with E-state index >= 15 is 0 Å². The van der Waals surface area contributed by atoms with Gasteiger partial charge in [0, 0.05) is 5.46 Å². The first-order valence-electron chi connectivity index (χ1n) is 4.75. The van der Waals surface area contributed by atoms with Crippen molar-refractivity contribution in [1.29, 1.82) is 0 Å². The predicted octanol–water partition coefficient (Wildman–Crippen LogP) is 0.585. The Morgan fingerprint density at radius 3 is 2.50 bits per heavy atom. The maximum Gasteiger partial charge on any atom is 0.492 e. The Morgan fingerprint density at radius 1 is 1.36 bits per heavy atom. The van der Waals surface area contributed by atoms with Gasteiger partial charge in [0.1, 0.15) is 5.75 Å². The van der Waals surface area contributed by atoms with Gasteiger partial charge >= 0.3 is 7.12 Å². The van der Waals surface area contributed by atoms with Gasteiger partial charge in [-0.1, -0.05) is 26.0 Å². The lowest BCUT2D eigenvalue weighted by Gasteiger charge is -2.11. The molecule has 0 saturated heterocycles. The molecule has 14 heavy (non-hydrogen) atoms. The van der Waals surface area contributed by atoms with Crippen LogP contribution < -0.4 is 5.46 Å². The molecule has 0 radical (unpaired) electrons. The van der Waals surface area contributed by atoms with Crippen LogP contribution in [0.15, 0.2) is 18.2 Å². The van der Waals surface area contributed by atoms with Crippen LogP contribution in [0.5, 0.6) is 5.75 Å². The first-order valence-corrected chi connectivity index (χ1v) is 4.75. The Bertz CT molecular complexity index is 312. The van der Waals surface area contributed by atoms with E-state index in [4.69, 9.17) is 10.0 Å². The van der Waals surface area contributed by atoms with E-state index in [1.807, 2.05) is 0 Å². The Balaban J connectivity index is 3.06. The highest BCUT2D eigenvalue weighted by Gasteiger charge is 2.17. The molecular formula is C10H15BO3. The summed E-state index contributed by atoms with van der Waals surface area (Å²) in [6.07, 6.45) is 0.978. The predicted molar refractivity (Wildman–Crippen MR) is 56.6 cm³/mol. The van der Waals surface area contributed by atoms with E-state index in [0.717, 1.165) is 12.0 Å². The third-order valence-electron chi connectivity index (χ3n) is 2.51. The fraction of sp³-hybridized carbons (Fsp3) is 0.400. The maximum atomic E-state index is 9.34. The lowest BCUT2D eigenvalue weighted by atomic mass is 9.77. The van der Waals surface area contributed by atoms with Crippen LogP contribution in [0.1, 0.15) is 31.7 Å². The molecule has 0 bridgehead atoms. The van der Waals surface area contributed by atoms with Gasteiger partial charge in [-0.25, -0.2) is 0 Å². The van der Waals surface area contributed by atoms with Crippen molar-refractivity contribution >= 4 is 12.6 Å². The van der Waals surface area contributed by atoms with Crippen molar-refractivity contribution in [2.24, 2.45) is 0 Å². The summed E-state index contributed by atoms with van der Waals surface area (Å²) in [5.74, 6) is 0.278. The molecule has 3 N–H and O–H groups in total. The van der Waals surface area contributed by atoms with Crippen LogP contribution in [-0.4, -0.2) is 22.3 Å². The molecule has 4 heteroatoms. The van der Waals surface area contributed by atoms with E-state index in [1.165, 1.54) is 6.07 Å². The van der Waals surface area contributed by atoms with Crippen molar-refractivity contribution < 1.29 is 15.2 Å². The van der Waals surface area contributed by atoms with Crippen molar-refractivity contribution in [2.45, 2.75) is 26.2 Å². The molecule has 76 valence electrons. The van der Waals surface area contributed by atoms with E-state index in [1.54, 1.807) is 12.1 Å². The molecule has 0 fully saturated rings. The Labute approximate surface area is 84.2 Å². The molecule has 1 unspecified atom stereocenters. The van der Waals surface area contributed by atoms with Gasteiger partial charge in [-0.3, -0.25) is 0 Å². The average molecular weight is 194 g/mol. The lowest BCUT2D eigenvalue weighted by molar-refractivity contribution is 0.419. The smallest absolute Gasteiger partial charge is 0.492 e. The highest BCUT2D eigenvalue weighted by atomic mass is 16.4. The number of aromatic hydroxyl groups is 1. The summed E-state index contributed by atoms with van der Waals surface area (Å²) in [7, 11) is -1.61. The summed E-state index contributed by atoms with van der Waals surface area (Å²) < 4.78 is 0. The molecule has 1 rings (SSSR count). The molecule has 3 nitrogen and oxygen atoms in total. The molecule has 0 amide bonds. The van der Waals surface area contributed by atoms with Crippen molar-refractivity contribution in [3.05, 3.63) is 23.8 Å². The maximum absolute atomic E-state index is 9.34. The van der Waals surface area contributed by atoms with Crippen LogP contribution in [0.4, 0.5) is 0 Å². The van der Waals surface area contributed by atoms with Crippen molar-refractivity contribution in [2.75, 3.05) is 0 Å². The Morgan fingerprint density at radius 2 is 2.00 bits per heavy atom. The van der Waals surface area contributed by atoms with Gasteiger partial charge in [0.25, 0.3) is 0 Å². The lowest BCUT2D eigenvalue weighted by Crippen LogP contribution is -2.30. The zero-order valence-electron chi connectivity index (χ0n) is 8.44. The number of hydrogen-bond donors (Lipinski definition) is 3. The van der Waals surface area contributed by atoms with E-state index in [2.05, 4.69) is 13.8 Å². The Hall–Kier alpha value is -0.995. The zero-order chi connectivity index (χ0) is 10.7. The standard InChI is InChI=1S/C10H15BO3/c1-3-7(2)8-4-5-10(12)9(6-8)11(13)14/h4-7,12-14H,3H2,1-2H3. The van der Waals surface area contributed by atoms with E-state index in [0.29, 0.717) is 5.92 Å². The van der Waals surface area contributed by atoms with Gasteiger partial charge < -0.3 is 15.2 Å². The molecule has 0 saturated carbocycles. The zero-order valence-corrected chi connectivity index (χ0v) is 8.44. The molecule has 0 aromatic heterocycles. The monoisotopic (exact) mass is 194 g/mol. The molecule has 1 aromatic rings. The largest absolute Gasteiger partial charge is 0.508 e. The van der Waals surface area contributed by atoms with Gasteiger partial charge in [0.2, 0.25) is 0 Å². The van der Waals surface area contributed by atoms with Crippen molar-refractivity contribution in [3.63, 3.8) is 0 Å². The molecule has 0 aliphatic carbocycles. The minimum atomic E-state index is -1.61. The minimum Gasteiger partial charge on any atom is -0.508 e. The molecule has 0 aliphatic heterocycles. The summed E-state index contributed by atoms with van der Waals surface area (Å²) in [6, 6.07) is 4.93. The van der Waals surface area contributed by atoms with Gasteiger partial charge in [-0.15, -0.1) is 0 Å². The molecule has 1 aromatic carbocycles. The molecule has 1 atom stereocenters. The van der Waals surface area contributed by atoms with Crippen LogP contribution in [0.3, 0.4) is 0 Å². The Kier molecular flexibility index (Phi) is 3.55. The number of phenolic OH excluding ortho intramolecular Hbond substituents is 1. The van der Waals surface area contributed by atoms with Gasteiger partial charge in [-0.2, -0.15) is 0 Å². The third-order valence-corrected chi connectivity index (χ3v) is 2.51. The minimum absolute atomic E-state index is 0.0768. The van der Waals surface area contributed by atoms with Gasteiger partial charge in [0.15, 0.2) is 0 Å². The van der Waals surface area contributed by atoms with Gasteiger partial charge in [0.05, 0.1) is 0 Å². The summed E-state index contributed by atoms with van der Waals surface area (Å²) in [5.41, 5.74) is 1.18. The van der Waals surface area contributed by atoms with E-state index in [-0.39, 0.29) is 11.2 Å². The number of benzene rings is 1. The van der Waals surface area contributed by atoms with Crippen LogP contribution in [0.2, 0.25) is 0 Å². The number of hydrogen-bond acceptors (Lipinski definition) is 3. The SMILES string of the molecule is CCC(C)c1ccc(O)c(B(O)O)c1. The second-order valence-electron chi connectivity index (χ2n) is 3.50. The molecular weight excluding hydrogens is 179 g/mol. The molecule has 0 spiro atoms. The second kappa shape index (κ2) is 4.48. The van der Waals surface area contributed by atoms with Crippen LogP contribution in [0, 0.1) is 0 Å². The van der Waals surface area contributed by atoms with Crippen LogP contribution >= 0.6 is 0 Å². The molecule has 0 heterocycles. The summed E-state index contributed by atoms with van der Waals surface area (Å²) in [5, 5.41) is 27.3. The quantitative estimate of drug-likeness (QED) is 0.617. The molecule has 0 aliphatic rings. The third kappa shape index (κ3) is 2.27. The average Bonchev–Trinajstić information content (AvgIpc) is 2.17. The topological polar surface area (TPSA) is 60.7 Å². The van der Waals surface area contributed by atoms with Crippen molar-refractivity contribution in [1.82, 2.24) is 0 Å². The highest BCUT2D eigenvalue weighted by Crippen LogP contribution is 2.19. The number of phenols is 1. The van der Waals surface area contributed by atoms with E-state index < -0.39 is 7.12 Å². The van der Waals surface area contributed by atoms with Gasteiger partial charge in [-0.05, 0) is 24.0 Å². The van der Waals surface area contributed by atoms with Crippen LogP contribution in [0.25, 0.3) is 0 Å². The summed E-state index contributed by atoms with van der Waals surface area (Å²) >= 11 is 0. The second-order valence-corrected chi connectivity index (χ2v) is 3.50. The summed E-state index contributed by atoms with van der Waals surface area (Å²) in [6.45, 7) is 4.12. The van der Waals surface area contributed by atoms with Crippen LogP contribution in [-0.2, 0) is 0 Å². The summed E-state index contributed by atoms with van der Waals surface area (Å²) in [4.78, 5) is 0. The number of rotatable bonds is 3. The normalized spacial score (nSPS) is 12.6. The van der Waals surface area contributed by atoms with Crippen molar-refractivity contribution in [3.8, 4) is 5.75 Å². The fourth-order valence-corrected chi connectivity index (χ4v) is 1.32. The first kappa shape index (κ1) is 11.1. The first-order chi connectivity index (χ1) is 6.56. The highest BCUT2D eigenvalue weighted by molar-refractivity contribution is 6.59.